The van der Waals surface area contributed by atoms with Crippen LogP contribution in [0.1, 0.15) is 36.8 Å². The van der Waals surface area contributed by atoms with Gasteiger partial charge in [-0.2, -0.15) is 13.2 Å². The highest BCUT2D eigenvalue weighted by Crippen LogP contribution is 2.33. The maximum atomic E-state index is 12.7. The summed E-state index contributed by atoms with van der Waals surface area (Å²) in [5.74, 6) is -0.557. The summed E-state index contributed by atoms with van der Waals surface area (Å²) in [6, 6.07) is 14.6. The molecule has 0 radical (unpaired) electrons. The Morgan fingerprint density at radius 2 is 1.60 bits per heavy atom. The van der Waals surface area contributed by atoms with Crippen molar-refractivity contribution in [2.45, 2.75) is 57.3 Å². The number of aryl methyl sites for hydroxylation is 1. The molecule has 1 aliphatic carbocycles. The maximum absolute atomic E-state index is 12.7. The molecule has 1 fully saturated rings. The topological polar surface area (TPSA) is 110 Å². The molecule has 0 bridgehead atoms. The van der Waals surface area contributed by atoms with E-state index in [0.29, 0.717) is 24.0 Å². The molecule has 1 heterocycles. The first-order valence-electron chi connectivity index (χ1n) is 12.5. The number of rotatable bonds is 7. The van der Waals surface area contributed by atoms with Crippen molar-refractivity contribution in [3.63, 3.8) is 0 Å². The van der Waals surface area contributed by atoms with Crippen LogP contribution in [-0.2, 0) is 16.0 Å². The second-order valence-electron chi connectivity index (χ2n) is 9.38. The molecular formula is C28H31BrF3N3O5. The third-order valence-electron chi connectivity index (χ3n) is 6.51. The molecule has 0 atom stereocenters. The Balaban J connectivity index is 0.000000559. The summed E-state index contributed by atoms with van der Waals surface area (Å²) in [6.45, 7) is 2.12. The number of anilines is 1. The summed E-state index contributed by atoms with van der Waals surface area (Å²) in [5.41, 5.74) is 3.12. The van der Waals surface area contributed by atoms with E-state index in [1.54, 1.807) is 14.2 Å². The normalized spacial score (nSPS) is 16.9. The molecule has 3 N–H and O–H groups in total. The number of carboxylic acids is 1. The smallest absolute Gasteiger partial charge is 0.490 e. The van der Waals surface area contributed by atoms with Gasteiger partial charge in [0, 0.05) is 21.9 Å². The van der Waals surface area contributed by atoms with Crippen LogP contribution < -0.4 is 20.1 Å². The number of carboxylic acid groups (broad SMARTS) is 1. The monoisotopic (exact) mass is 625 g/mol. The number of aliphatic carboxylic acids is 1. The Kier molecular flexibility index (Phi) is 10.6. The molecule has 2 aromatic carbocycles. The molecule has 1 saturated carbocycles. The van der Waals surface area contributed by atoms with Gasteiger partial charge in [0.2, 0.25) is 5.91 Å². The van der Waals surface area contributed by atoms with Gasteiger partial charge in [0.25, 0.3) is 0 Å². The van der Waals surface area contributed by atoms with Gasteiger partial charge in [-0.3, -0.25) is 4.79 Å². The number of halogens is 4. The van der Waals surface area contributed by atoms with Crippen LogP contribution in [0.2, 0.25) is 0 Å². The van der Waals surface area contributed by atoms with Crippen LogP contribution in [0.4, 0.5) is 19.0 Å². The van der Waals surface area contributed by atoms with E-state index in [4.69, 9.17) is 24.4 Å². The fraction of sp³-hybridized carbons (Fsp3) is 0.393. The Bertz CT molecular complexity index is 1340. The Hall–Kier alpha value is -3.54. The summed E-state index contributed by atoms with van der Waals surface area (Å²) in [6.07, 6.45) is -0.900. The molecule has 4 rings (SSSR count). The first-order chi connectivity index (χ1) is 18.9. The molecule has 1 aliphatic rings. The van der Waals surface area contributed by atoms with Crippen LogP contribution in [0.3, 0.4) is 0 Å². The van der Waals surface area contributed by atoms with Crippen molar-refractivity contribution >= 4 is 44.5 Å². The van der Waals surface area contributed by atoms with E-state index in [-0.39, 0.29) is 11.9 Å². The maximum Gasteiger partial charge on any atom is 0.490 e. The van der Waals surface area contributed by atoms with E-state index in [2.05, 4.69) is 51.7 Å². The van der Waals surface area contributed by atoms with Gasteiger partial charge in [0.05, 0.1) is 26.2 Å². The molecule has 40 heavy (non-hydrogen) atoms. The van der Waals surface area contributed by atoms with Crippen LogP contribution in [0.5, 0.6) is 11.5 Å². The van der Waals surface area contributed by atoms with E-state index in [9.17, 15) is 18.0 Å². The minimum Gasteiger partial charge on any atom is -0.493 e. The van der Waals surface area contributed by atoms with Crippen molar-refractivity contribution in [2.75, 3.05) is 19.5 Å². The molecule has 1 amide bonds. The van der Waals surface area contributed by atoms with Crippen LogP contribution in [0.15, 0.2) is 46.9 Å². The standard InChI is InChI=1S/C26H30BrN3O3.C2HF3O2/c1-16-12-25(30-22-7-5-4-6-20(16)22)28-18-8-10-19(11-9-18)29-26(31)14-17-13-23(32-2)24(33-3)15-21(17)27;3-2(4,5)1(6)7/h4-7,12-13,15,18-19H,8-11,14H2,1-3H3,(H,28,30)(H,29,31);(H,6,7)/t18-,19+;. The number of carbonyl (C=O) groups excluding carboxylic acids is 1. The van der Waals surface area contributed by atoms with Gasteiger partial charge in [-0.25, -0.2) is 9.78 Å². The largest absolute Gasteiger partial charge is 0.493 e. The number of methoxy groups -OCH3 is 2. The van der Waals surface area contributed by atoms with Gasteiger partial charge in [-0.1, -0.05) is 34.1 Å². The predicted molar refractivity (Wildman–Crippen MR) is 149 cm³/mol. The molecule has 0 aliphatic heterocycles. The molecule has 0 spiro atoms. The summed E-state index contributed by atoms with van der Waals surface area (Å²) >= 11 is 3.53. The number of benzene rings is 2. The lowest BCUT2D eigenvalue weighted by molar-refractivity contribution is -0.192. The number of fused-ring (bicyclic) bond motifs is 1. The number of aromatic nitrogens is 1. The number of carbonyl (C=O) groups is 2. The van der Waals surface area contributed by atoms with E-state index in [1.807, 2.05) is 24.3 Å². The van der Waals surface area contributed by atoms with Crippen molar-refractivity contribution in [1.82, 2.24) is 10.3 Å². The first kappa shape index (κ1) is 31.0. The highest BCUT2D eigenvalue weighted by atomic mass is 79.9. The Morgan fingerprint density at radius 1 is 1.02 bits per heavy atom. The van der Waals surface area contributed by atoms with Crippen LogP contribution in [0.25, 0.3) is 10.9 Å². The molecule has 12 heteroatoms. The Morgan fingerprint density at radius 3 is 2.20 bits per heavy atom. The second kappa shape index (κ2) is 13.7. The van der Waals surface area contributed by atoms with E-state index >= 15 is 0 Å². The number of pyridine rings is 1. The number of hydrogen-bond acceptors (Lipinski definition) is 6. The van der Waals surface area contributed by atoms with Gasteiger partial charge in [-0.05, 0) is 68.0 Å². The molecule has 1 aromatic heterocycles. The average molecular weight is 626 g/mol. The van der Waals surface area contributed by atoms with E-state index < -0.39 is 12.1 Å². The molecule has 0 saturated heterocycles. The quantitative estimate of drug-likeness (QED) is 0.294. The summed E-state index contributed by atoms with van der Waals surface area (Å²) < 4.78 is 43.2. The highest BCUT2D eigenvalue weighted by molar-refractivity contribution is 9.10. The molecule has 8 nitrogen and oxygen atoms in total. The van der Waals surface area contributed by atoms with Crippen LogP contribution in [-0.4, -0.2) is 54.4 Å². The summed E-state index contributed by atoms with van der Waals surface area (Å²) in [7, 11) is 3.19. The molecular weight excluding hydrogens is 595 g/mol. The predicted octanol–water partition coefficient (Wildman–Crippen LogP) is 6.04. The first-order valence-corrected chi connectivity index (χ1v) is 13.3. The minimum absolute atomic E-state index is 0.0196. The zero-order valence-electron chi connectivity index (χ0n) is 22.3. The number of hydrogen-bond donors (Lipinski definition) is 3. The highest BCUT2D eigenvalue weighted by Gasteiger charge is 2.38. The van der Waals surface area contributed by atoms with Gasteiger partial charge in [0.1, 0.15) is 5.82 Å². The van der Waals surface area contributed by atoms with Crippen molar-refractivity contribution in [3.8, 4) is 11.5 Å². The lowest BCUT2D eigenvalue weighted by atomic mass is 9.91. The van der Waals surface area contributed by atoms with Gasteiger partial charge >= 0.3 is 12.1 Å². The lowest BCUT2D eigenvalue weighted by Crippen LogP contribution is -2.40. The van der Waals surface area contributed by atoms with Gasteiger partial charge in [-0.15, -0.1) is 0 Å². The molecule has 216 valence electrons. The molecule has 3 aromatic rings. The third-order valence-corrected chi connectivity index (χ3v) is 7.25. The Labute approximate surface area is 238 Å². The van der Waals surface area contributed by atoms with Crippen molar-refractivity contribution in [1.29, 1.82) is 0 Å². The third kappa shape index (κ3) is 8.48. The van der Waals surface area contributed by atoms with E-state index in [1.165, 1.54) is 10.9 Å². The van der Waals surface area contributed by atoms with Gasteiger partial charge < -0.3 is 25.2 Å². The second-order valence-corrected chi connectivity index (χ2v) is 10.2. The summed E-state index contributed by atoms with van der Waals surface area (Å²) in [4.78, 5) is 26.4. The number of nitrogens with one attached hydrogen (secondary N) is 2. The van der Waals surface area contributed by atoms with Crippen molar-refractivity contribution in [2.24, 2.45) is 0 Å². The zero-order valence-corrected chi connectivity index (χ0v) is 23.9. The number of alkyl halides is 3. The van der Waals surface area contributed by atoms with Gasteiger partial charge in [0.15, 0.2) is 11.5 Å². The minimum atomic E-state index is -5.08. The molecule has 0 unspecified atom stereocenters. The lowest BCUT2D eigenvalue weighted by Gasteiger charge is -2.30. The summed E-state index contributed by atoms with van der Waals surface area (Å²) in [5, 5.41) is 15.1. The number of nitrogens with zero attached hydrogens (tertiary/aromatic N) is 1. The van der Waals surface area contributed by atoms with E-state index in [0.717, 1.165) is 47.1 Å². The number of ether oxygens (including phenoxy) is 2. The number of para-hydroxylation sites is 1. The van der Waals surface area contributed by atoms with Crippen molar-refractivity contribution in [3.05, 3.63) is 58.1 Å². The number of amides is 1. The fourth-order valence-electron chi connectivity index (χ4n) is 4.50. The zero-order chi connectivity index (χ0) is 29.4. The SMILES string of the molecule is COc1cc(Br)c(CC(=O)N[C@H]2CC[C@@H](Nc3cc(C)c4ccccc4n3)CC2)cc1OC.O=C(O)C(F)(F)F. The fourth-order valence-corrected chi connectivity index (χ4v) is 4.96. The van der Waals surface area contributed by atoms with Crippen LogP contribution >= 0.6 is 15.9 Å². The average Bonchev–Trinajstić information content (AvgIpc) is 2.90. The van der Waals surface area contributed by atoms with Crippen LogP contribution in [0, 0.1) is 6.92 Å². The van der Waals surface area contributed by atoms with Crippen molar-refractivity contribution < 1.29 is 37.3 Å².